The smallest absolute Gasteiger partial charge is 0.343 e. The third-order valence-electron chi connectivity index (χ3n) is 4.92. The molecule has 3 amide bonds. The van der Waals surface area contributed by atoms with E-state index in [2.05, 4.69) is 20.3 Å². The minimum atomic E-state index is -4.64. The number of nitrogens with one attached hydrogen (secondary N) is 2. The number of hydrogen-bond acceptors (Lipinski definition) is 4. The lowest BCUT2D eigenvalue weighted by Gasteiger charge is -2.26. The second kappa shape index (κ2) is 7.22. The monoisotopic (exact) mass is 436 g/mol. The Labute approximate surface area is 172 Å². The summed E-state index contributed by atoms with van der Waals surface area (Å²) in [5.74, 6) is -1.21. The molecule has 1 aliphatic heterocycles. The largest absolute Gasteiger partial charge is 0.416 e. The number of fused-ring (bicyclic) bond motifs is 1. The molecule has 1 fully saturated rings. The molecule has 0 spiro atoms. The van der Waals surface area contributed by atoms with E-state index in [1.807, 2.05) is 0 Å². The fourth-order valence-electron chi connectivity index (χ4n) is 3.39. The Morgan fingerprint density at radius 3 is 2.71 bits per heavy atom. The molecule has 3 aromatic rings. The summed E-state index contributed by atoms with van der Waals surface area (Å²) in [5.41, 5.74) is -0.706. The summed E-state index contributed by atoms with van der Waals surface area (Å²) in [6.07, 6.45) is -3.51. The molecule has 2 N–H and O–H groups in total. The number of rotatable bonds is 3. The lowest BCUT2D eigenvalue weighted by Crippen LogP contribution is -2.47. The number of halogens is 4. The van der Waals surface area contributed by atoms with Gasteiger partial charge in [0.15, 0.2) is 0 Å². The van der Waals surface area contributed by atoms with Crippen LogP contribution in [0.1, 0.15) is 11.3 Å². The van der Waals surface area contributed by atoms with Crippen LogP contribution in [-0.2, 0) is 11.0 Å². The maximum atomic E-state index is 13.6. The van der Waals surface area contributed by atoms with Gasteiger partial charge in [0.2, 0.25) is 0 Å². The van der Waals surface area contributed by atoms with E-state index >= 15 is 0 Å². The number of carbonyl (C=O) groups excluding carboxylic acids is 2. The van der Waals surface area contributed by atoms with Gasteiger partial charge >= 0.3 is 12.2 Å². The minimum absolute atomic E-state index is 0.0463. The van der Waals surface area contributed by atoms with Gasteiger partial charge < -0.3 is 10.3 Å². The van der Waals surface area contributed by atoms with Crippen LogP contribution in [0, 0.1) is 12.7 Å². The summed E-state index contributed by atoms with van der Waals surface area (Å²) in [4.78, 5) is 38.4. The van der Waals surface area contributed by atoms with E-state index < -0.39 is 35.5 Å². The Morgan fingerprint density at radius 1 is 1.26 bits per heavy atom. The van der Waals surface area contributed by atoms with Crippen LogP contribution in [-0.4, -0.2) is 46.5 Å². The zero-order valence-corrected chi connectivity index (χ0v) is 16.3. The van der Waals surface area contributed by atoms with E-state index in [9.17, 15) is 27.2 Å². The van der Waals surface area contributed by atoms with Gasteiger partial charge in [-0.05, 0) is 31.2 Å². The molecule has 4 rings (SSSR count). The Balaban J connectivity index is 1.67. The van der Waals surface area contributed by atoms with Crippen molar-refractivity contribution in [3.8, 4) is 0 Å². The predicted octanol–water partition coefficient (Wildman–Crippen LogP) is 2.99. The number of aryl methyl sites for hydroxylation is 1. The second-order valence-electron chi connectivity index (χ2n) is 7.02. The van der Waals surface area contributed by atoms with Crippen molar-refractivity contribution >= 4 is 34.6 Å². The van der Waals surface area contributed by atoms with Crippen LogP contribution in [0.5, 0.6) is 0 Å². The van der Waals surface area contributed by atoms with Crippen molar-refractivity contribution in [1.29, 1.82) is 0 Å². The van der Waals surface area contributed by atoms with Gasteiger partial charge in [-0.15, -0.1) is 0 Å². The van der Waals surface area contributed by atoms with E-state index in [4.69, 9.17) is 0 Å². The number of urea groups is 1. The van der Waals surface area contributed by atoms with Gasteiger partial charge in [0, 0.05) is 25.5 Å². The van der Waals surface area contributed by atoms with Gasteiger partial charge in [0.25, 0.3) is 5.91 Å². The number of hydrogen-bond donors (Lipinski definition) is 2. The number of pyridine rings is 2. The van der Waals surface area contributed by atoms with Crippen molar-refractivity contribution in [3.05, 3.63) is 47.5 Å². The summed E-state index contributed by atoms with van der Waals surface area (Å²) in [6, 6.07) is 2.57. The zero-order chi connectivity index (χ0) is 22.5. The standard InChI is InChI=1S/C19H16F4N6O2/c1-9-5-10(19(21,22)23)6-15(26-9)29-13(8-25-18(29)31)17(30)28(2)14-4-3-11-12(20)7-24-16(11)27-14/h3-7,13H,8H2,1-2H3,(H,24,27)(H,25,31). The van der Waals surface area contributed by atoms with Crippen LogP contribution in [0.15, 0.2) is 30.5 Å². The Morgan fingerprint density at radius 2 is 2.00 bits per heavy atom. The number of aromatic amines is 1. The highest BCUT2D eigenvalue weighted by Crippen LogP contribution is 2.33. The molecule has 0 saturated carbocycles. The van der Waals surface area contributed by atoms with Crippen LogP contribution in [0.2, 0.25) is 0 Å². The Bertz CT molecular complexity index is 1190. The minimum Gasteiger partial charge on any atom is -0.343 e. The molecule has 0 aromatic carbocycles. The van der Waals surface area contributed by atoms with Gasteiger partial charge in [-0.3, -0.25) is 14.6 Å². The number of aromatic nitrogens is 3. The first-order chi connectivity index (χ1) is 14.6. The molecular formula is C19H16F4N6O2. The molecule has 31 heavy (non-hydrogen) atoms. The average molecular weight is 436 g/mol. The molecule has 0 aliphatic carbocycles. The molecule has 1 atom stereocenters. The molecule has 1 saturated heterocycles. The highest BCUT2D eigenvalue weighted by atomic mass is 19.4. The van der Waals surface area contributed by atoms with Crippen molar-refractivity contribution in [2.24, 2.45) is 0 Å². The fourth-order valence-corrected chi connectivity index (χ4v) is 3.39. The third kappa shape index (κ3) is 3.64. The number of nitrogens with zero attached hydrogens (tertiary/aromatic N) is 4. The van der Waals surface area contributed by atoms with Crippen LogP contribution < -0.4 is 15.1 Å². The van der Waals surface area contributed by atoms with E-state index in [-0.39, 0.29) is 34.9 Å². The number of H-pyrrole nitrogens is 1. The topological polar surface area (TPSA) is 94.2 Å². The Hall–Kier alpha value is -3.70. The molecule has 0 bridgehead atoms. The molecule has 3 aromatic heterocycles. The average Bonchev–Trinajstić information content (AvgIpc) is 3.28. The van der Waals surface area contributed by atoms with E-state index in [0.29, 0.717) is 0 Å². The summed E-state index contributed by atoms with van der Waals surface area (Å²) in [6.45, 7) is 1.24. The number of anilines is 2. The van der Waals surface area contributed by atoms with Gasteiger partial charge in [-0.2, -0.15) is 13.2 Å². The highest BCUT2D eigenvalue weighted by Gasteiger charge is 2.41. The van der Waals surface area contributed by atoms with Crippen molar-refractivity contribution in [3.63, 3.8) is 0 Å². The van der Waals surface area contributed by atoms with Crippen LogP contribution in [0.3, 0.4) is 0 Å². The molecule has 162 valence electrons. The first kappa shape index (κ1) is 20.6. The van der Waals surface area contributed by atoms with Crippen molar-refractivity contribution < 1.29 is 27.2 Å². The zero-order valence-electron chi connectivity index (χ0n) is 16.3. The molecular weight excluding hydrogens is 420 g/mol. The summed E-state index contributed by atoms with van der Waals surface area (Å²) < 4.78 is 53.2. The molecule has 1 aliphatic rings. The first-order valence-corrected chi connectivity index (χ1v) is 9.10. The number of alkyl halides is 3. The molecule has 1 unspecified atom stereocenters. The quantitative estimate of drug-likeness (QED) is 0.618. The van der Waals surface area contributed by atoms with E-state index in [1.165, 1.54) is 26.1 Å². The van der Waals surface area contributed by atoms with Gasteiger partial charge in [0.1, 0.15) is 29.1 Å². The molecule has 4 heterocycles. The van der Waals surface area contributed by atoms with E-state index in [0.717, 1.165) is 28.1 Å². The lowest BCUT2D eigenvalue weighted by atomic mass is 10.2. The van der Waals surface area contributed by atoms with Gasteiger partial charge in [-0.1, -0.05) is 0 Å². The molecule has 12 heteroatoms. The SMILES string of the molecule is Cc1cc(C(F)(F)F)cc(N2C(=O)NCC2C(=O)N(C)c2ccc3c(F)c[nH]c3n2)n1. The first-order valence-electron chi connectivity index (χ1n) is 9.10. The summed E-state index contributed by atoms with van der Waals surface area (Å²) in [5, 5.41) is 2.70. The van der Waals surface area contributed by atoms with Crippen molar-refractivity contribution in [2.75, 3.05) is 23.4 Å². The molecule has 8 nitrogen and oxygen atoms in total. The summed E-state index contributed by atoms with van der Waals surface area (Å²) >= 11 is 0. The third-order valence-corrected chi connectivity index (χ3v) is 4.92. The van der Waals surface area contributed by atoms with Gasteiger partial charge in [0.05, 0.1) is 10.9 Å². The lowest BCUT2D eigenvalue weighted by molar-refractivity contribution is -0.137. The number of amides is 3. The van der Waals surface area contributed by atoms with Crippen LogP contribution in [0.4, 0.5) is 34.0 Å². The fraction of sp³-hybridized carbons (Fsp3) is 0.263. The van der Waals surface area contributed by atoms with E-state index in [1.54, 1.807) is 0 Å². The van der Waals surface area contributed by atoms with Crippen molar-refractivity contribution in [1.82, 2.24) is 20.3 Å². The maximum absolute atomic E-state index is 13.6. The van der Waals surface area contributed by atoms with Gasteiger partial charge in [-0.25, -0.2) is 19.2 Å². The second-order valence-corrected chi connectivity index (χ2v) is 7.02. The highest BCUT2D eigenvalue weighted by molar-refractivity contribution is 6.07. The summed E-state index contributed by atoms with van der Waals surface area (Å²) in [7, 11) is 1.40. The normalized spacial score (nSPS) is 16.6. The Kier molecular flexibility index (Phi) is 4.79. The number of carbonyl (C=O) groups is 2. The van der Waals surface area contributed by atoms with Crippen LogP contribution in [0.25, 0.3) is 11.0 Å². The number of likely N-dealkylation sites (N-methyl/N-ethyl adjacent to an activating group) is 1. The predicted molar refractivity (Wildman–Crippen MR) is 103 cm³/mol. The maximum Gasteiger partial charge on any atom is 0.416 e. The van der Waals surface area contributed by atoms with Crippen LogP contribution >= 0.6 is 0 Å². The van der Waals surface area contributed by atoms with Crippen molar-refractivity contribution in [2.45, 2.75) is 19.1 Å². The molecule has 0 radical (unpaired) electrons.